The van der Waals surface area contributed by atoms with E-state index in [1.165, 1.54) is 0 Å². The summed E-state index contributed by atoms with van der Waals surface area (Å²) in [6, 6.07) is 2.02. The summed E-state index contributed by atoms with van der Waals surface area (Å²) in [5, 5.41) is 5.44. The molecule has 2 aromatic rings. The molecule has 74 valence electrons. The summed E-state index contributed by atoms with van der Waals surface area (Å²) in [5.41, 5.74) is 9.72. The van der Waals surface area contributed by atoms with Crippen molar-refractivity contribution in [3.05, 3.63) is 23.0 Å². The Balaban J connectivity index is 2.90. The number of hydrogen-bond donors (Lipinski definition) is 1. The lowest BCUT2D eigenvalue weighted by Crippen LogP contribution is -2.00. The Morgan fingerprint density at radius 2 is 2.14 bits per heavy atom. The second-order valence-corrected chi connectivity index (χ2v) is 3.53. The van der Waals surface area contributed by atoms with E-state index in [0.29, 0.717) is 6.54 Å². The van der Waals surface area contributed by atoms with Crippen LogP contribution in [0.2, 0.25) is 0 Å². The van der Waals surface area contributed by atoms with Crippen LogP contribution in [0.3, 0.4) is 0 Å². The molecule has 2 heterocycles. The Labute approximate surface area is 82.7 Å². The smallest absolute Gasteiger partial charge is 0.158 e. The van der Waals surface area contributed by atoms with Crippen molar-refractivity contribution >= 4 is 11.0 Å². The van der Waals surface area contributed by atoms with Crippen molar-refractivity contribution in [1.82, 2.24) is 14.8 Å². The molecule has 0 radical (unpaired) electrons. The minimum absolute atomic E-state index is 0.534. The largest absolute Gasteiger partial charge is 0.326 e. The van der Waals surface area contributed by atoms with Crippen LogP contribution < -0.4 is 5.73 Å². The van der Waals surface area contributed by atoms with E-state index in [2.05, 4.69) is 10.1 Å². The van der Waals surface area contributed by atoms with Crippen LogP contribution >= 0.6 is 0 Å². The van der Waals surface area contributed by atoms with Gasteiger partial charge in [-0.2, -0.15) is 5.10 Å². The van der Waals surface area contributed by atoms with Gasteiger partial charge in [-0.3, -0.25) is 4.68 Å². The average Bonchev–Trinajstić information content (AvgIpc) is 2.41. The summed E-state index contributed by atoms with van der Waals surface area (Å²) in [7, 11) is 1.90. The molecule has 0 atom stereocenters. The van der Waals surface area contributed by atoms with Crippen LogP contribution in [-0.2, 0) is 13.6 Å². The molecule has 0 saturated carbocycles. The second kappa shape index (κ2) is 3.06. The highest BCUT2D eigenvalue weighted by atomic mass is 15.3. The molecule has 2 rings (SSSR count). The average molecular weight is 190 g/mol. The Kier molecular flexibility index (Phi) is 2.00. The standard InChI is InChI=1S/C10H14N4/c1-6-4-8(5-11)9-7(2)13-14(3)10(9)12-6/h4H,5,11H2,1-3H3. The minimum Gasteiger partial charge on any atom is -0.326 e. The zero-order valence-electron chi connectivity index (χ0n) is 8.70. The molecular formula is C10H14N4. The highest BCUT2D eigenvalue weighted by molar-refractivity contribution is 5.82. The van der Waals surface area contributed by atoms with E-state index >= 15 is 0 Å². The van der Waals surface area contributed by atoms with Crippen molar-refractivity contribution in [2.75, 3.05) is 0 Å². The fourth-order valence-corrected chi connectivity index (χ4v) is 1.83. The predicted molar refractivity (Wildman–Crippen MR) is 55.9 cm³/mol. The summed E-state index contributed by atoms with van der Waals surface area (Å²) in [6.07, 6.45) is 0. The van der Waals surface area contributed by atoms with Gasteiger partial charge in [-0.1, -0.05) is 0 Å². The topological polar surface area (TPSA) is 56.7 Å². The number of aryl methyl sites for hydroxylation is 3. The number of fused-ring (bicyclic) bond motifs is 1. The van der Waals surface area contributed by atoms with Gasteiger partial charge in [-0.05, 0) is 25.5 Å². The van der Waals surface area contributed by atoms with Gasteiger partial charge in [-0.25, -0.2) is 4.98 Å². The molecule has 4 heteroatoms. The normalized spacial score (nSPS) is 11.1. The summed E-state index contributed by atoms with van der Waals surface area (Å²) in [6.45, 7) is 4.49. The quantitative estimate of drug-likeness (QED) is 0.731. The van der Waals surface area contributed by atoms with Crippen LogP contribution in [0, 0.1) is 13.8 Å². The van der Waals surface area contributed by atoms with Crippen LogP contribution in [0.15, 0.2) is 6.07 Å². The molecule has 0 fully saturated rings. The third-order valence-electron chi connectivity index (χ3n) is 2.40. The number of pyridine rings is 1. The van der Waals surface area contributed by atoms with Gasteiger partial charge in [0.15, 0.2) is 5.65 Å². The molecule has 0 amide bonds. The maximum absolute atomic E-state index is 5.70. The Morgan fingerprint density at radius 3 is 2.79 bits per heavy atom. The van der Waals surface area contributed by atoms with Crippen LogP contribution in [-0.4, -0.2) is 14.8 Å². The molecule has 0 aliphatic heterocycles. The molecule has 2 N–H and O–H groups in total. The number of rotatable bonds is 1. The number of nitrogens with zero attached hydrogens (tertiary/aromatic N) is 3. The van der Waals surface area contributed by atoms with Gasteiger partial charge >= 0.3 is 0 Å². The first kappa shape index (κ1) is 9.15. The van der Waals surface area contributed by atoms with E-state index in [4.69, 9.17) is 5.73 Å². The number of hydrogen-bond acceptors (Lipinski definition) is 3. The van der Waals surface area contributed by atoms with E-state index in [9.17, 15) is 0 Å². The molecule has 14 heavy (non-hydrogen) atoms. The SMILES string of the molecule is Cc1cc(CN)c2c(C)nn(C)c2n1. The van der Waals surface area contributed by atoms with E-state index in [-0.39, 0.29) is 0 Å². The zero-order valence-corrected chi connectivity index (χ0v) is 8.70. The van der Waals surface area contributed by atoms with Crippen molar-refractivity contribution in [1.29, 1.82) is 0 Å². The number of aromatic nitrogens is 3. The fourth-order valence-electron chi connectivity index (χ4n) is 1.83. The first-order valence-corrected chi connectivity index (χ1v) is 4.63. The van der Waals surface area contributed by atoms with Gasteiger partial charge in [0.1, 0.15) is 0 Å². The summed E-state index contributed by atoms with van der Waals surface area (Å²) in [5.74, 6) is 0. The third kappa shape index (κ3) is 1.19. The molecule has 0 unspecified atom stereocenters. The minimum atomic E-state index is 0.534. The van der Waals surface area contributed by atoms with E-state index < -0.39 is 0 Å². The predicted octanol–water partition coefficient (Wildman–Crippen LogP) is 1.04. The Morgan fingerprint density at radius 1 is 1.43 bits per heavy atom. The van der Waals surface area contributed by atoms with Crippen molar-refractivity contribution < 1.29 is 0 Å². The Bertz CT molecular complexity index is 484. The first-order valence-electron chi connectivity index (χ1n) is 4.63. The van der Waals surface area contributed by atoms with Crippen LogP contribution in [0.5, 0.6) is 0 Å². The lowest BCUT2D eigenvalue weighted by atomic mass is 10.1. The number of nitrogens with two attached hydrogens (primary N) is 1. The second-order valence-electron chi connectivity index (χ2n) is 3.53. The molecule has 0 aromatic carbocycles. The van der Waals surface area contributed by atoms with Gasteiger partial charge in [-0.15, -0.1) is 0 Å². The van der Waals surface area contributed by atoms with Crippen molar-refractivity contribution in [3.8, 4) is 0 Å². The summed E-state index contributed by atoms with van der Waals surface area (Å²) >= 11 is 0. The van der Waals surface area contributed by atoms with Crippen LogP contribution in [0.4, 0.5) is 0 Å². The van der Waals surface area contributed by atoms with E-state index in [0.717, 1.165) is 28.0 Å². The van der Waals surface area contributed by atoms with Crippen molar-refractivity contribution in [2.45, 2.75) is 20.4 Å². The maximum Gasteiger partial charge on any atom is 0.158 e. The summed E-state index contributed by atoms with van der Waals surface area (Å²) in [4.78, 5) is 4.45. The summed E-state index contributed by atoms with van der Waals surface area (Å²) < 4.78 is 1.80. The van der Waals surface area contributed by atoms with Crippen molar-refractivity contribution in [3.63, 3.8) is 0 Å². The highest BCUT2D eigenvalue weighted by Gasteiger charge is 2.10. The first-order chi connectivity index (χ1) is 6.63. The van der Waals surface area contributed by atoms with E-state index in [1.54, 1.807) is 4.68 Å². The van der Waals surface area contributed by atoms with Gasteiger partial charge in [0, 0.05) is 24.7 Å². The molecule has 2 aromatic heterocycles. The Hall–Kier alpha value is -1.42. The van der Waals surface area contributed by atoms with Gasteiger partial charge < -0.3 is 5.73 Å². The molecule has 0 aliphatic rings. The molecule has 0 bridgehead atoms. The molecule has 0 saturated heterocycles. The monoisotopic (exact) mass is 190 g/mol. The third-order valence-corrected chi connectivity index (χ3v) is 2.40. The maximum atomic E-state index is 5.70. The van der Waals surface area contributed by atoms with Crippen LogP contribution in [0.1, 0.15) is 17.0 Å². The van der Waals surface area contributed by atoms with Gasteiger partial charge in [0.2, 0.25) is 0 Å². The fraction of sp³-hybridized carbons (Fsp3) is 0.400. The molecule has 0 aliphatic carbocycles. The zero-order chi connectivity index (χ0) is 10.3. The molecule has 4 nitrogen and oxygen atoms in total. The molecular weight excluding hydrogens is 176 g/mol. The molecule has 0 spiro atoms. The van der Waals surface area contributed by atoms with Crippen LogP contribution in [0.25, 0.3) is 11.0 Å². The lowest BCUT2D eigenvalue weighted by Gasteiger charge is -2.02. The lowest BCUT2D eigenvalue weighted by molar-refractivity contribution is 0.772. The van der Waals surface area contributed by atoms with E-state index in [1.807, 2.05) is 27.0 Å². The highest BCUT2D eigenvalue weighted by Crippen LogP contribution is 2.20. The van der Waals surface area contributed by atoms with Gasteiger partial charge in [0.25, 0.3) is 0 Å². The van der Waals surface area contributed by atoms with Crippen molar-refractivity contribution in [2.24, 2.45) is 12.8 Å². The van der Waals surface area contributed by atoms with Gasteiger partial charge in [0.05, 0.1) is 5.69 Å².